The fourth-order valence-electron chi connectivity index (χ4n) is 1.18. The third-order valence-electron chi connectivity index (χ3n) is 1.88. The Morgan fingerprint density at radius 2 is 2.13 bits per heavy atom. The van der Waals surface area contributed by atoms with Gasteiger partial charge in [0, 0.05) is 19.0 Å². The van der Waals surface area contributed by atoms with E-state index in [1.807, 2.05) is 6.26 Å². The Bertz CT molecular complexity index is 197. The maximum absolute atomic E-state index is 11.1. The molecule has 15 heavy (non-hydrogen) atoms. The SMILES string of the molecule is CCOC(CSC)C(N)(OCC)C(=O)O. The molecule has 0 saturated carbocycles. The fourth-order valence-corrected chi connectivity index (χ4v) is 1.83. The normalized spacial score (nSPS) is 17.1. The number of hydrogen-bond donors (Lipinski definition) is 2. The summed E-state index contributed by atoms with van der Waals surface area (Å²) in [5.41, 5.74) is 3.95. The van der Waals surface area contributed by atoms with Crippen LogP contribution in [0.15, 0.2) is 0 Å². The molecule has 0 aromatic heterocycles. The summed E-state index contributed by atoms with van der Waals surface area (Å²) in [5, 5.41) is 9.05. The Morgan fingerprint density at radius 3 is 2.47 bits per heavy atom. The molecule has 90 valence electrons. The van der Waals surface area contributed by atoms with Gasteiger partial charge >= 0.3 is 5.97 Å². The zero-order valence-corrected chi connectivity index (χ0v) is 10.2. The second kappa shape index (κ2) is 7.05. The summed E-state index contributed by atoms with van der Waals surface area (Å²) in [4.78, 5) is 11.1. The van der Waals surface area contributed by atoms with E-state index < -0.39 is 17.8 Å². The molecule has 5 nitrogen and oxygen atoms in total. The number of hydrogen-bond acceptors (Lipinski definition) is 5. The molecule has 0 heterocycles. The predicted molar refractivity (Wildman–Crippen MR) is 60.0 cm³/mol. The zero-order valence-electron chi connectivity index (χ0n) is 9.36. The maximum atomic E-state index is 11.1. The molecule has 0 aliphatic rings. The minimum Gasteiger partial charge on any atom is -0.478 e. The van der Waals surface area contributed by atoms with Gasteiger partial charge in [0.15, 0.2) is 0 Å². The highest BCUT2D eigenvalue weighted by atomic mass is 32.2. The van der Waals surface area contributed by atoms with Crippen LogP contribution in [-0.4, -0.2) is 48.1 Å². The Labute approximate surface area is 94.3 Å². The minimum atomic E-state index is -1.76. The molecule has 2 atom stereocenters. The second-order valence-electron chi connectivity index (χ2n) is 2.93. The smallest absolute Gasteiger partial charge is 0.354 e. The number of rotatable bonds is 8. The second-order valence-corrected chi connectivity index (χ2v) is 3.84. The van der Waals surface area contributed by atoms with Crippen molar-refractivity contribution in [1.82, 2.24) is 0 Å². The van der Waals surface area contributed by atoms with E-state index in [0.717, 1.165) is 0 Å². The third-order valence-corrected chi connectivity index (χ3v) is 2.52. The zero-order chi connectivity index (χ0) is 11.9. The summed E-state index contributed by atoms with van der Waals surface area (Å²) >= 11 is 1.47. The highest BCUT2D eigenvalue weighted by Crippen LogP contribution is 2.17. The predicted octanol–water partition coefficient (Wildman–Crippen LogP) is 0.531. The Hall–Kier alpha value is -0.300. The lowest BCUT2D eigenvalue weighted by Crippen LogP contribution is -2.61. The summed E-state index contributed by atoms with van der Waals surface area (Å²) in [6, 6.07) is 0. The lowest BCUT2D eigenvalue weighted by Gasteiger charge is -2.32. The first kappa shape index (κ1) is 14.7. The van der Waals surface area contributed by atoms with Crippen molar-refractivity contribution in [2.75, 3.05) is 25.2 Å². The van der Waals surface area contributed by atoms with Crippen molar-refractivity contribution in [2.24, 2.45) is 5.73 Å². The Morgan fingerprint density at radius 1 is 1.53 bits per heavy atom. The Balaban J connectivity index is 4.72. The summed E-state index contributed by atoms with van der Waals surface area (Å²) < 4.78 is 10.4. The van der Waals surface area contributed by atoms with Gasteiger partial charge in [-0.2, -0.15) is 11.8 Å². The van der Waals surface area contributed by atoms with Crippen LogP contribution in [0.25, 0.3) is 0 Å². The number of carbonyl (C=O) groups is 1. The third kappa shape index (κ3) is 3.98. The molecule has 0 saturated heterocycles. The van der Waals surface area contributed by atoms with Crippen LogP contribution in [0.5, 0.6) is 0 Å². The first-order valence-corrected chi connectivity index (χ1v) is 6.19. The average molecular weight is 237 g/mol. The van der Waals surface area contributed by atoms with Crippen LogP contribution >= 0.6 is 11.8 Å². The molecule has 0 radical (unpaired) electrons. The van der Waals surface area contributed by atoms with Crippen LogP contribution in [0.2, 0.25) is 0 Å². The van der Waals surface area contributed by atoms with Gasteiger partial charge < -0.3 is 14.6 Å². The number of ether oxygens (including phenoxy) is 2. The van der Waals surface area contributed by atoms with E-state index in [-0.39, 0.29) is 6.61 Å². The van der Waals surface area contributed by atoms with Crippen LogP contribution in [0.4, 0.5) is 0 Å². The van der Waals surface area contributed by atoms with Crippen molar-refractivity contribution in [1.29, 1.82) is 0 Å². The fraction of sp³-hybridized carbons (Fsp3) is 0.889. The van der Waals surface area contributed by atoms with E-state index in [4.69, 9.17) is 20.3 Å². The van der Waals surface area contributed by atoms with Crippen molar-refractivity contribution >= 4 is 17.7 Å². The van der Waals surface area contributed by atoms with E-state index in [0.29, 0.717) is 12.4 Å². The number of nitrogens with two attached hydrogens (primary N) is 1. The van der Waals surface area contributed by atoms with Crippen molar-refractivity contribution in [3.8, 4) is 0 Å². The average Bonchev–Trinajstić information content (AvgIpc) is 2.17. The van der Waals surface area contributed by atoms with Gasteiger partial charge in [-0.3, -0.25) is 5.73 Å². The lowest BCUT2D eigenvalue weighted by atomic mass is 10.1. The van der Waals surface area contributed by atoms with E-state index >= 15 is 0 Å². The van der Waals surface area contributed by atoms with Gasteiger partial charge in [-0.1, -0.05) is 0 Å². The van der Waals surface area contributed by atoms with Crippen molar-refractivity contribution in [3.63, 3.8) is 0 Å². The molecule has 6 heteroatoms. The van der Waals surface area contributed by atoms with Gasteiger partial charge in [0.1, 0.15) is 6.10 Å². The molecule has 3 N–H and O–H groups in total. The first-order valence-electron chi connectivity index (χ1n) is 4.79. The lowest BCUT2D eigenvalue weighted by molar-refractivity contribution is -0.184. The molecule has 0 aromatic carbocycles. The maximum Gasteiger partial charge on any atom is 0.354 e. The molecule has 0 aliphatic heterocycles. The van der Waals surface area contributed by atoms with Crippen LogP contribution in [0.1, 0.15) is 13.8 Å². The number of aliphatic carboxylic acids is 1. The van der Waals surface area contributed by atoms with Crippen LogP contribution < -0.4 is 5.73 Å². The molecule has 0 bridgehead atoms. The molecule has 0 fully saturated rings. The number of carboxylic acid groups (broad SMARTS) is 1. The Kier molecular flexibility index (Phi) is 6.91. The first-order chi connectivity index (χ1) is 7.02. The minimum absolute atomic E-state index is 0.237. The van der Waals surface area contributed by atoms with Crippen molar-refractivity contribution < 1.29 is 19.4 Å². The summed E-state index contributed by atoms with van der Waals surface area (Å²) in [6.07, 6.45) is 1.22. The highest BCUT2D eigenvalue weighted by molar-refractivity contribution is 7.98. The molecular formula is C9H19NO4S. The topological polar surface area (TPSA) is 81.8 Å². The van der Waals surface area contributed by atoms with E-state index in [1.165, 1.54) is 11.8 Å². The van der Waals surface area contributed by atoms with E-state index in [2.05, 4.69) is 0 Å². The molecule has 0 spiro atoms. The van der Waals surface area contributed by atoms with Gasteiger partial charge in [-0.25, -0.2) is 4.79 Å². The van der Waals surface area contributed by atoms with Crippen molar-refractivity contribution in [3.05, 3.63) is 0 Å². The molecule has 0 rings (SSSR count). The number of thioether (sulfide) groups is 1. The van der Waals surface area contributed by atoms with Crippen LogP contribution in [0, 0.1) is 0 Å². The molecule has 2 unspecified atom stereocenters. The standard InChI is InChI=1S/C9H19NO4S/c1-4-13-7(6-15-3)9(10,8(11)12)14-5-2/h7H,4-6,10H2,1-3H3,(H,11,12). The van der Waals surface area contributed by atoms with Gasteiger partial charge in [-0.05, 0) is 20.1 Å². The van der Waals surface area contributed by atoms with Gasteiger partial charge in [0.2, 0.25) is 5.72 Å². The molecule has 0 aromatic rings. The highest BCUT2D eigenvalue weighted by Gasteiger charge is 2.44. The molecular weight excluding hydrogens is 218 g/mol. The molecule has 0 aliphatic carbocycles. The van der Waals surface area contributed by atoms with E-state index in [9.17, 15) is 4.79 Å². The van der Waals surface area contributed by atoms with E-state index in [1.54, 1.807) is 13.8 Å². The van der Waals surface area contributed by atoms with Gasteiger partial charge in [0.25, 0.3) is 0 Å². The number of carboxylic acids is 1. The van der Waals surface area contributed by atoms with Gasteiger partial charge in [0.05, 0.1) is 0 Å². The largest absolute Gasteiger partial charge is 0.478 e. The quantitative estimate of drug-likeness (QED) is 0.599. The summed E-state index contributed by atoms with van der Waals surface area (Å²) in [7, 11) is 0. The van der Waals surface area contributed by atoms with Crippen molar-refractivity contribution in [2.45, 2.75) is 25.7 Å². The monoisotopic (exact) mass is 237 g/mol. The molecule has 0 amide bonds. The van der Waals surface area contributed by atoms with Gasteiger partial charge in [-0.15, -0.1) is 0 Å². The summed E-state index contributed by atoms with van der Waals surface area (Å²) in [6.45, 7) is 4.14. The van der Waals surface area contributed by atoms with Crippen LogP contribution in [0.3, 0.4) is 0 Å². The summed E-state index contributed by atoms with van der Waals surface area (Å²) in [5.74, 6) is -0.715. The van der Waals surface area contributed by atoms with Crippen LogP contribution in [-0.2, 0) is 14.3 Å².